The molecule has 1 aliphatic heterocycles. The van der Waals surface area contributed by atoms with Gasteiger partial charge >= 0.3 is 0 Å². The topological polar surface area (TPSA) is 79.0 Å². The van der Waals surface area contributed by atoms with Crippen LogP contribution < -0.4 is 9.62 Å². The van der Waals surface area contributed by atoms with Crippen LogP contribution in [0, 0.1) is 0 Å². The Morgan fingerprint density at radius 3 is 2.71 bits per heavy atom. The lowest BCUT2D eigenvalue weighted by Gasteiger charge is -2.32. The number of nitrogens with one attached hydrogen (secondary N) is 1. The second-order valence-corrected chi connectivity index (χ2v) is 8.59. The summed E-state index contributed by atoms with van der Waals surface area (Å²) in [6.07, 6.45) is 0.852. The van der Waals surface area contributed by atoms with E-state index >= 15 is 0 Å². The third-order valence-corrected chi connectivity index (χ3v) is 6.24. The number of carbonyl (C=O) groups is 1. The standard InChI is InChI=1S/C20H25N3O4S/c1-4-20(24)23-11-12-27-15(14-23)13-21-28(25,26)19-10-6-7-16-17(19)8-5-9-18(16)22(2)3/h4-10,15,21H,1,11-14H2,2-3H3. The maximum atomic E-state index is 13.0. The second kappa shape index (κ2) is 8.30. The zero-order valence-corrected chi connectivity index (χ0v) is 16.9. The lowest BCUT2D eigenvalue weighted by Crippen LogP contribution is -2.49. The van der Waals surface area contributed by atoms with E-state index < -0.39 is 16.1 Å². The normalized spacial score (nSPS) is 17.5. The van der Waals surface area contributed by atoms with E-state index in [0.29, 0.717) is 25.1 Å². The van der Waals surface area contributed by atoms with Gasteiger partial charge in [0.2, 0.25) is 15.9 Å². The molecule has 1 heterocycles. The predicted molar refractivity (Wildman–Crippen MR) is 110 cm³/mol. The van der Waals surface area contributed by atoms with Crippen molar-refractivity contribution in [3.05, 3.63) is 49.1 Å². The van der Waals surface area contributed by atoms with Crippen molar-refractivity contribution in [3.8, 4) is 0 Å². The summed E-state index contributed by atoms with van der Waals surface area (Å²) in [7, 11) is 0.0989. The molecule has 1 N–H and O–H groups in total. The molecule has 0 spiro atoms. The Bertz CT molecular complexity index is 988. The molecule has 0 bridgehead atoms. The molecule has 1 aliphatic rings. The van der Waals surface area contributed by atoms with Crippen LogP contribution in [0.25, 0.3) is 10.8 Å². The van der Waals surface area contributed by atoms with Gasteiger partial charge in [-0.2, -0.15) is 0 Å². The molecule has 1 fully saturated rings. The van der Waals surface area contributed by atoms with Gasteiger partial charge in [0.05, 0.1) is 17.6 Å². The molecule has 0 radical (unpaired) electrons. The summed E-state index contributed by atoms with van der Waals surface area (Å²) in [5.41, 5.74) is 0.948. The fourth-order valence-corrected chi connectivity index (χ4v) is 4.63. The molecule has 28 heavy (non-hydrogen) atoms. The van der Waals surface area contributed by atoms with Crippen LogP contribution in [0.15, 0.2) is 53.9 Å². The molecule has 1 amide bonds. The zero-order chi connectivity index (χ0) is 20.3. The highest BCUT2D eigenvalue weighted by Crippen LogP contribution is 2.30. The van der Waals surface area contributed by atoms with Gasteiger partial charge in [-0.3, -0.25) is 4.79 Å². The van der Waals surface area contributed by atoms with E-state index in [1.807, 2.05) is 37.2 Å². The van der Waals surface area contributed by atoms with Crippen LogP contribution >= 0.6 is 0 Å². The molecule has 0 aliphatic carbocycles. The molecule has 1 unspecified atom stereocenters. The maximum absolute atomic E-state index is 13.0. The van der Waals surface area contributed by atoms with Crippen LogP contribution in [0.1, 0.15) is 0 Å². The molecule has 3 rings (SSSR count). The SMILES string of the molecule is C=CC(=O)N1CCOC(CNS(=O)(=O)c2cccc3c(N(C)C)cccc23)C1. The van der Waals surface area contributed by atoms with E-state index in [9.17, 15) is 13.2 Å². The first-order valence-corrected chi connectivity index (χ1v) is 10.5. The fraction of sp³-hybridized carbons (Fsp3) is 0.350. The van der Waals surface area contributed by atoms with Crippen molar-refractivity contribution in [2.45, 2.75) is 11.0 Å². The minimum absolute atomic E-state index is 0.0903. The molecule has 8 heteroatoms. The number of hydrogen-bond acceptors (Lipinski definition) is 5. The van der Waals surface area contributed by atoms with Crippen molar-refractivity contribution >= 4 is 32.4 Å². The molecule has 150 valence electrons. The molecule has 1 atom stereocenters. The van der Waals surface area contributed by atoms with Gasteiger partial charge in [0.1, 0.15) is 0 Å². The minimum Gasteiger partial charge on any atom is -0.377 e. The van der Waals surface area contributed by atoms with E-state index in [0.717, 1.165) is 11.1 Å². The van der Waals surface area contributed by atoms with Gasteiger partial charge in [0.25, 0.3) is 0 Å². The van der Waals surface area contributed by atoms with Crippen LogP contribution in [0.4, 0.5) is 5.69 Å². The van der Waals surface area contributed by atoms with E-state index in [2.05, 4.69) is 11.3 Å². The average molecular weight is 404 g/mol. The monoisotopic (exact) mass is 403 g/mol. The van der Waals surface area contributed by atoms with Crippen molar-refractivity contribution in [2.75, 3.05) is 45.2 Å². The number of fused-ring (bicyclic) bond motifs is 1. The number of nitrogens with zero attached hydrogens (tertiary/aromatic N) is 2. The lowest BCUT2D eigenvalue weighted by atomic mass is 10.1. The van der Waals surface area contributed by atoms with Gasteiger partial charge in [-0.25, -0.2) is 13.1 Å². The highest BCUT2D eigenvalue weighted by molar-refractivity contribution is 7.89. The Morgan fingerprint density at radius 2 is 2.00 bits per heavy atom. The van der Waals surface area contributed by atoms with Crippen molar-refractivity contribution in [1.82, 2.24) is 9.62 Å². The minimum atomic E-state index is -3.74. The smallest absolute Gasteiger partial charge is 0.246 e. The van der Waals surface area contributed by atoms with Gasteiger partial charge in [-0.1, -0.05) is 30.8 Å². The first kappa shape index (κ1) is 20.3. The summed E-state index contributed by atoms with van der Waals surface area (Å²) in [4.78, 5) is 15.6. The fourth-order valence-electron chi connectivity index (χ4n) is 3.34. The molecule has 2 aromatic carbocycles. The molecule has 7 nitrogen and oxygen atoms in total. The van der Waals surface area contributed by atoms with Gasteiger partial charge in [-0.05, 0) is 18.2 Å². The van der Waals surface area contributed by atoms with Gasteiger partial charge in [-0.15, -0.1) is 0 Å². The number of carbonyl (C=O) groups excluding carboxylic acids is 1. The Kier molecular flexibility index (Phi) is 6.02. The van der Waals surface area contributed by atoms with Crippen LogP contribution in [-0.4, -0.2) is 65.7 Å². The van der Waals surface area contributed by atoms with Crippen LogP contribution in [0.2, 0.25) is 0 Å². The number of morpholine rings is 1. The number of hydrogen-bond donors (Lipinski definition) is 1. The number of anilines is 1. The summed E-state index contributed by atoms with van der Waals surface area (Å²) >= 11 is 0. The molecular formula is C20H25N3O4S. The van der Waals surface area contributed by atoms with Crippen LogP contribution in [-0.2, 0) is 19.6 Å². The summed E-state index contributed by atoms with van der Waals surface area (Å²) in [5, 5.41) is 1.53. The first-order valence-electron chi connectivity index (χ1n) is 9.05. The van der Waals surface area contributed by atoms with Gasteiger partial charge < -0.3 is 14.5 Å². The maximum Gasteiger partial charge on any atom is 0.246 e. The van der Waals surface area contributed by atoms with E-state index in [-0.39, 0.29) is 17.3 Å². The third-order valence-electron chi connectivity index (χ3n) is 4.76. The molecule has 2 aromatic rings. The number of ether oxygens (including phenoxy) is 1. The van der Waals surface area contributed by atoms with E-state index in [1.165, 1.54) is 6.08 Å². The second-order valence-electron chi connectivity index (χ2n) is 6.86. The molecule has 1 saturated heterocycles. The predicted octanol–water partition coefficient (Wildman–Crippen LogP) is 1.60. The van der Waals surface area contributed by atoms with Crippen molar-refractivity contribution in [3.63, 3.8) is 0 Å². The molecule has 0 aromatic heterocycles. The summed E-state index contributed by atoms with van der Waals surface area (Å²) in [6, 6.07) is 10.9. The number of sulfonamides is 1. The third kappa shape index (κ3) is 4.19. The Balaban J connectivity index is 1.81. The van der Waals surface area contributed by atoms with Crippen molar-refractivity contribution in [1.29, 1.82) is 0 Å². The lowest BCUT2D eigenvalue weighted by molar-refractivity contribution is -0.133. The highest BCUT2D eigenvalue weighted by atomic mass is 32.2. The summed E-state index contributed by atoms with van der Waals surface area (Å²) < 4.78 is 34.2. The van der Waals surface area contributed by atoms with Crippen LogP contribution in [0.3, 0.4) is 0 Å². The number of amides is 1. The largest absolute Gasteiger partial charge is 0.377 e. The van der Waals surface area contributed by atoms with Gasteiger partial charge in [0, 0.05) is 50.2 Å². The number of benzene rings is 2. The zero-order valence-electron chi connectivity index (χ0n) is 16.1. The Hall–Kier alpha value is -2.42. The average Bonchev–Trinajstić information content (AvgIpc) is 2.70. The highest BCUT2D eigenvalue weighted by Gasteiger charge is 2.25. The Labute approximate surface area is 165 Å². The van der Waals surface area contributed by atoms with Crippen molar-refractivity contribution < 1.29 is 17.9 Å². The quantitative estimate of drug-likeness (QED) is 0.741. The summed E-state index contributed by atoms with van der Waals surface area (Å²) in [5.74, 6) is -0.179. The van der Waals surface area contributed by atoms with E-state index in [4.69, 9.17) is 4.74 Å². The van der Waals surface area contributed by atoms with Crippen molar-refractivity contribution in [2.24, 2.45) is 0 Å². The Morgan fingerprint density at radius 1 is 1.29 bits per heavy atom. The van der Waals surface area contributed by atoms with E-state index in [1.54, 1.807) is 23.1 Å². The molecule has 0 saturated carbocycles. The molecular weight excluding hydrogens is 378 g/mol. The number of rotatable bonds is 6. The summed E-state index contributed by atoms with van der Waals surface area (Å²) in [6.45, 7) is 4.75. The van der Waals surface area contributed by atoms with Crippen LogP contribution in [0.5, 0.6) is 0 Å². The first-order chi connectivity index (χ1) is 13.3. The van der Waals surface area contributed by atoms with Gasteiger partial charge in [0.15, 0.2) is 0 Å².